The van der Waals surface area contributed by atoms with Crippen LogP contribution in [0.15, 0.2) is 36.4 Å². The van der Waals surface area contributed by atoms with E-state index in [9.17, 15) is 40.3 Å². The first-order valence-corrected chi connectivity index (χ1v) is 19.5. The molecule has 2 aromatic carbocycles. The van der Waals surface area contributed by atoms with E-state index in [0.717, 1.165) is 25.3 Å². The molecular weight excluding hydrogens is 821 g/mol. The molecule has 0 aliphatic heterocycles. The highest BCUT2D eigenvalue weighted by molar-refractivity contribution is 7.92. The fourth-order valence-electron chi connectivity index (χ4n) is 6.81. The standard InChI is InChI=1S/C37H34ClF7N8O4S/c1-17-10-23-32(37(43,44)45)49-53(33(23)36(17,41)42)16-28(54)47-27(13-18-11-19(39)14-20(40)12-18)30-22(15-25(46)26(48-30)8-9-35(2,3)55)21-6-7-24(38)29-31(21)52(4)50-34(29)51-58(5,56)57/h6-7,11-12,14-15,17,27,55H,10,13,16,46H2,1-5H3,(H,47,54)(H,50,51)/t17-,27+/m1/s1. The number of aryl methyl sites for hydroxylation is 1. The SMILES string of the molecule is C[C@@H]1Cc2c(C(F)(F)F)nn(CC(=O)N[C@@H](Cc3cc(F)cc(F)c3)c3nc(C#CC(C)(C)O)c(N)cc3-c3ccc(Cl)c4c(NS(C)(=O)=O)nn(C)c34)c2C1(F)F. The Hall–Kier alpha value is -5.39. The second-order valence-electron chi connectivity index (χ2n) is 14.5. The highest BCUT2D eigenvalue weighted by Gasteiger charge is 2.54. The third-order valence-electron chi connectivity index (χ3n) is 9.16. The van der Waals surface area contributed by atoms with E-state index >= 15 is 8.78 Å². The number of anilines is 2. The molecule has 0 unspecified atom stereocenters. The van der Waals surface area contributed by atoms with Gasteiger partial charge in [-0.15, -0.1) is 0 Å². The van der Waals surface area contributed by atoms with Crippen LogP contribution in [0.3, 0.4) is 0 Å². The van der Waals surface area contributed by atoms with Gasteiger partial charge in [0.25, 0.3) is 5.92 Å². The summed E-state index contributed by atoms with van der Waals surface area (Å²) >= 11 is 6.56. The van der Waals surface area contributed by atoms with Crippen molar-refractivity contribution in [3.05, 3.63) is 87.0 Å². The average Bonchev–Trinajstić information content (AvgIpc) is 3.67. The minimum atomic E-state index is -5.12. The second kappa shape index (κ2) is 14.8. The zero-order chi connectivity index (χ0) is 42.9. The number of nitrogen functional groups attached to an aromatic ring is 1. The van der Waals surface area contributed by atoms with Gasteiger partial charge in [-0.1, -0.05) is 30.5 Å². The molecule has 3 aromatic heterocycles. The molecule has 5 N–H and O–H groups in total. The molecule has 5 aromatic rings. The number of aromatic nitrogens is 5. The molecule has 308 valence electrons. The predicted octanol–water partition coefficient (Wildman–Crippen LogP) is 6.24. The minimum Gasteiger partial charge on any atom is -0.396 e. The van der Waals surface area contributed by atoms with Gasteiger partial charge in [0.15, 0.2) is 11.5 Å². The topological polar surface area (TPSA) is 170 Å². The summed E-state index contributed by atoms with van der Waals surface area (Å²) in [5, 5.41) is 20.8. The number of hydrogen-bond acceptors (Lipinski definition) is 8. The lowest BCUT2D eigenvalue weighted by atomic mass is 9.93. The Balaban J connectivity index is 1.57. The number of hydrogen-bond donors (Lipinski definition) is 4. The van der Waals surface area contributed by atoms with Crippen LogP contribution in [0, 0.1) is 29.4 Å². The number of nitrogens with zero attached hydrogens (tertiary/aromatic N) is 5. The van der Waals surface area contributed by atoms with Gasteiger partial charge < -0.3 is 16.2 Å². The molecule has 0 bridgehead atoms. The summed E-state index contributed by atoms with van der Waals surface area (Å²) in [5.74, 6) is -3.38. The number of fused-ring (bicyclic) bond motifs is 2. The highest BCUT2D eigenvalue weighted by Crippen LogP contribution is 2.49. The average molecular weight is 855 g/mol. The summed E-state index contributed by atoms with van der Waals surface area (Å²) < 4.78 is 130. The van der Waals surface area contributed by atoms with Crippen LogP contribution < -0.4 is 15.8 Å². The van der Waals surface area contributed by atoms with Gasteiger partial charge in [-0.05, 0) is 62.4 Å². The monoisotopic (exact) mass is 854 g/mol. The third kappa shape index (κ3) is 8.56. The molecule has 2 atom stereocenters. The molecule has 0 saturated heterocycles. The molecule has 0 fully saturated rings. The van der Waals surface area contributed by atoms with Crippen molar-refractivity contribution < 1.29 is 49.1 Å². The van der Waals surface area contributed by atoms with E-state index in [1.165, 1.54) is 43.8 Å². The number of sulfonamides is 1. The van der Waals surface area contributed by atoms with Crippen molar-refractivity contribution in [1.29, 1.82) is 0 Å². The van der Waals surface area contributed by atoms with Gasteiger partial charge in [0, 0.05) is 35.7 Å². The van der Waals surface area contributed by atoms with Crippen molar-refractivity contribution >= 4 is 49.9 Å². The number of amides is 1. The third-order valence-corrected chi connectivity index (χ3v) is 10.0. The van der Waals surface area contributed by atoms with Crippen LogP contribution in [0.4, 0.5) is 42.2 Å². The summed E-state index contributed by atoms with van der Waals surface area (Å²) in [7, 11) is -2.41. The van der Waals surface area contributed by atoms with Gasteiger partial charge in [-0.3, -0.25) is 18.9 Å². The summed E-state index contributed by atoms with van der Waals surface area (Å²) in [6.45, 7) is 2.68. The number of pyridine rings is 1. The first-order valence-electron chi connectivity index (χ1n) is 17.2. The van der Waals surface area contributed by atoms with Gasteiger partial charge in [0.2, 0.25) is 15.9 Å². The molecule has 58 heavy (non-hydrogen) atoms. The molecule has 12 nitrogen and oxygen atoms in total. The lowest BCUT2D eigenvalue weighted by Gasteiger charge is -2.24. The number of nitrogens with two attached hydrogens (primary N) is 1. The van der Waals surface area contributed by atoms with Gasteiger partial charge >= 0.3 is 6.18 Å². The maximum atomic E-state index is 15.4. The largest absolute Gasteiger partial charge is 0.435 e. The van der Waals surface area contributed by atoms with Crippen LogP contribution in [0.1, 0.15) is 60.7 Å². The molecule has 3 heterocycles. The Kier molecular flexibility index (Phi) is 10.8. The number of rotatable bonds is 9. The molecule has 21 heteroatoms. The van der Waals surface area contributed by atoms with Crippen LogP contribution in [0.5, 0.6) is 0 Å². The van der Waals surface area contributed by atoms with Crippen molar-refractivity contribution in [2.75, 3.05) is 16.7 Å². The molecular formula is C37H34ClF7N8O4S. The van der Waals surface area contributed by atoms with Crippen molar-refractivity contribution in [1.82, 2.24) is 29.9 Å². The summed E-state index contributed by atoms with van der Waals surface area (Å²) in [4.78, 5) is 18.5. The van der Waals surface area contributed by atoms with Crippen molar-refractivity contribution in [3.63, 3.8) is 0 Å². The molecule has 1 amide bonds. The number of halogens is 8. The van der Waals surface area contributed by atoms with Crippen LogP contribution in [0.2, 0.25) is 5.02 Å². The normalized spacial score (nSPS) is 15.9. The molecule has 1 aliphatic carbocycles. The van der Waals surface area contributed by atoms with Gasteiger partial charge in [-0.2, -0.15) is 32.1 Å². The van der Waals surface area contributed by atoms with Crippen LogP contribution in [-0.2, 0) is 53.4 Å². The molecule has 0 radical (unpaired) electrons. The van der Waals surface area contributed by atoms with Gasteiger partial charge in [-0.25, -0.2) is 22.2 Å². The van der Waals surface area contributed by atoms with Gasteiger partial charge in [0.05, 0.1) is 39.6 Å². The van der Waals surface area contributed by atoms with E-state index in [2.05, 4.69) is 37.1 Å². The summed E-state index contributed by atoms with van der Waals surface area (Å²) in [6, 6.07) is 5.32. The molecule has 6 rings (SSSR count). The first-order chi connectivity index (χ1) is 26.7. The Morgan fingerprint density at radius 1 is 1.12 bits per heavy atom. The lowest BCUT2D eigenvalue weighted by Crippen LogP contribution is -2.35. The Bertz CT molecular complexity index is 2640. The van der Waals surface area contributed by atoms with Crippen LogP contribution in [0.25, 0.3) is 22.0 Å². The van der Waals surface area contributed by atoms with Crippen molar-refractivity contribution in [2.24, 2.45) is 13.0 Å². The smallest absolute Gasteiger partial charge is 0.396 e. The number of aliphatic hydroxyl groups is 1. The number of alkyl halides is 5. The fraction of sp³-hybridized carbons (Fsp3) is 0.351. The van der Waals surface area contributed by atoms with Crippen molar-refractivity contribution in [3.8, 4) is 23.0 Å². The summed E-state index contributed by atoms with van der Waals surface area (Å²) in [6.07, 6.45) is -5.33. The highest BCUT2D eigenvalue weighted by atomic mass is 35.5. The van der Waals surface area contributed by atoms with E-state index < -0.39 is 93.6 Å². The molecule has 1 aliphatic rings. The predicted molar refractivity (Wildman–Crippen MR) is 200 cm³/mol. The lowest BCUT2D eigenvalue weighted by molar-refractivity contribution is -0.142. The Morgan fingerprint density at radius 3 is 2.38 bits per heavy atom. The number of nitrogens with one attached hydrogen (secondary N) is 2. The van der Waals surface area contributed by atoms with E-state index in [1.54, 1.807) is 0 Å². The Labute approximate surface area is 331 Å². The maximum Gasteiger partial charge on any atom is 0.435 e. The summed E-state index contributed by atoms with van der Waals surface area (Å²) in [5.41, 5.74) is 1.67. The molecule has 0 spiro atoms. The van der Waals surface area contributed by atoms with E-state index in [0.29, 0.717) is 10.7 Å². The zero-order valence-corrected chi connectivity index (χ0v) is 32.7. The molecule has 0 saturated carbocycles. The Morgan fingerprint density at radius 2 is 1.78 bits per heavy atom. The minimum absolute atomic E-state index is 0.0439. The van der Waals surface area contributed by atoms with Crippen LogP contribution >= 0.6 is 11.6 Å². The number of carbonyl (C=O) groups excluding carboxylic acids is 1. The van der Waals surface area contributed by atoms with Gasteiger partial charge in [0.1, 0.15) is 35.2 Å². The number of benzene rings is 2. The van der Waals surface area contributed by atoms with E-state index in [1.807, 2.05) is 0 Å². The quantitative estimate of drug-likeness (QED) is 0.0998. The van der Waals surface area contributed by atoms with Crippen LogP contribution in [-0.4, -0.2) is 55.8 Å². The fourth-order valence-corrected chi connectivity index (χ4v) is 7.55. The van der Waals surface area contributed by atoms with Crippen molar-refractivity contribution in [2.45, 2.75) is 63.9 Å². The zero-order valence-electron chi connectivity index (χ0n) is 31.2. The number of carbonyl (C=O) groups is 1. The van der Waals surface area contributed by atoms with E-state index in [-0.39, 0.29) is 55.5 Å². The first kappa shape index (κ1) is 42.2. The second-order valence-corrected chi connectivity index (χ2v) is 16.6. The van der Waals surface area contributed by atoms with E-state index in [4.69, 9.17) is 17.3 Å². The maximum absolute atomic E-state index is 15.4.